The molecule has 7 rings (SSSR count). The van der Waals surface area contributed by atoms with Crippen LogP contribution in [0.1, 0.15) is 31.1 Å². The van der Waals surface area contributed by atoms with Gasteiger partial charge >= 0.3 is 17.9 Å². The minimum Gasteiger partial charge on any atom is -0.423 e. The highest BCUT2D eigenvalue weighted by Gasteiger charge is 2.19. The molecule has 0 aliphatic carbocycles. The molecule has 7 aromatic rings. The van der Waals surface area contributed by atoms with E-state index in [2.05, 4.69) is 12.1 Å². The van der Waals surface area contributed by atoms with Gasteiger partial charge in [0.25, 0.3) is 0 Å². The summed E-state index contributed by atoms with van der Waals surface area (Å²) in [6.45, 7) is 0. The van der Waals surface area contributed by atoms with E-state index in [1.54, 1.807) is 72.8 Å². The molecule has 0 heterocycles. The largest absolute Gasteiger partial charge is 0.423 e. The molecule has 0 unspecified atom stereocenters. The predicted octanol–water partition coefficient (Wildman–Crippen LogP) is 8.34. The first kappa shape index (κ1) is 33.7. The van der Waals surface area contributed by atoms with Crippen LogP contribution >= 0.6 is 0 Å². The van der Waals surface area contributed by atoms with Crippen LogP contribution in [0.5, 0.6) is 17.2 Å². The molecule has 52 heavy (non-hydrogen) atoms. The zero-order valence-electron chi connectivity index (χ0n) is 28.2. The monoisotopic (exact) mass is 696 g/mol. The zero-order chi connectivity index (χ0) is 35.9. The molecule has 252 valence electrons. The Labute approximate surface area is 304 Å². The van der Waals surface area contributed by atoms with E-state index in [4.69, 9.17) is 14.2 Å². The van der Waals surface area contributed by atoms with Crippen molar-refractivity contribution in [1.82, 2.24) is 0 Å². The average molecular weight is 697 g/mol. The van der Waals surface area contributed by atoms with E-state index in [0.717, 1.165) is 48.8 Å². The normalized spacial score (nSPS) is 10.7. The number of para-hydroxylation sites is 3. The van der Waals surface area contributed by atoms with Crippen LogP contribution in [0.3, 0.4) is 0 Å². The molecule has 0 bridgehead atoms. The van der Waals surface area contributed by atoms with Crippen molar-refractivity contribution in [1.29, 1.82) is 0 Å². The average Bonchev–Trinajstić information content (AvgIpc) is 3.19. The van der Waals surface area contributed by atoms with Crippen LogP contribution in [-0.2, 0) is 0 Å². The van der Waals surface area contributed by atoms with Gasteiger partial charge in [-0.2, -0.15) is 0 Å². The minimum atomic E-state index is -0.453. The van der Waals surface area contributed by atoms with Gasteiger partial charge in [0.1, 0.15) is 17.2 Å². The maximum Gasteiger partial charge on any atom is 0.343 e. The number of hydrogen-bond acceptors (Lipinski definition) is 6. The van der Waals surface area contributed by atoms with Gasteiger partial charge in [0.15, 0.2) is 0 Å². The molecule has 0 aliphatic rings. The van der Waals surface area contributed by atoms with E-state index in [0.29, 0.717) is 33.9 Å². The third-order valence-corrected chi connectivity index (χ3v) is 9.36. The number of benzene rings is 7. The van der Waals surface area contributed by atoms with Gasteiger partial charge in [-0.25, -0.2) is 14.4 Å². The molecule has 7 aromatic carbocycles. The molecule has 0 saturated heterocycles. The van der Waals surface area contributed by atoms with Crippen molar-refractivity contribution in [3.8, 4) is 50.6 Å². The first-order valence-electron chi connectivity index (χ1n) is 16.7. The van der Waals surface area contributed by atoms with Gasteiger partial charge in [-0.3, -0.25) is 0 Å². The Morgan fingerprint density at radius 1 is 0.346 bits per heavy atom. The Balaban J connectivity index is 1.25. The summed E-state index contributed by atoms with van der Waals surface area (Å²) in [5, 5.41) is 1.15. The van der Waals surface area contributed by atoms with Crippen LogP contribution in [0.25, 0.3) is 33.4 Å². The third kappa shape index (κ3) is 7.65. The second kappa shape index (κ2) is 15.4. The van der Waals surface area contributed by atoms with E-state index in [9.17, 15) is 14.4 Å². The van der Waals surface area contributed by atoms with Crippen LogP contribution in [0.2, 0.25) is 0 Å². The summed E-state index contributed by atoms with van der Waals surface area (Å²) < 4.78 is 16.7. The van der Waals surface area contributed by atoms with Crippen molar-refractivity contribution in [2.24, 2.45) is 0 Å². The number of rotatable bonds is 9. The summed E-state index contributed by atoms with van der Waals surface area (Å²) >= 11 is 0. The van der Waals surface area contributed by atoms with Gasteiger partial charge < -0.3 is 14.2 Å². The van der Waals surface area contributed by atoms with E-state index in [1.165, 1.54) is 0 Å². The van der Waals surface area contributed by atoms with Crippen LogP contribution in [0.4, 0.5) is 0 Å². The van der Waals surface area contributed by atoms with E-state index >= 15 is 0 Å². The fourth-order valence-electron chi connectivity index (χ4n) is 5.91. The summed E-state index contributed by atoms with van der Waals surface area (Å²) in [6, 6.07) is 53.2. The Bertz CT molecular complexity index is 2340. The molecular weight excluding hydrogens is 665 g/mol. The summed E-state index contributed by atoms with van der Waals surface area (Å²) in [7, 11) is 0.737. The quantitative estimate of drug-likeness (QED) is 0.0858. The Hall–Kier alpha value is -6.83. The number of carbonyl (C=O) groups excluding carboxylic acids is 3. The third-order valence-electron chi connectivity index (χ3n) is 8.53. The van der Waals surface area contributed by atoms with Gasteiger partial charge in [-0.1, -0.05) is 108 Å². The Kier molecular flexibility index (Phi) is 9.95. The smallest absolute Gasteiger partial charge is 0.343 e. The van der Waals surface area contributed by atoms with E-state index in [-0.39, 0.29) is 0 Å². The topological polar surface area (TPSA) is 78.9 Å². The SMILES string of the molecule is O=C(Oc1ccccc1)c1ccc(-c2ccc([SiH3])c(-c3ccc(C(=O)Oc4ccccc4)cc3)c2-c2ccc(C(=O)Oc3ccccc3)cc2)cc1. The standard InChI is InChI=1S/C45H32O6Si/c46-43(49-36-10-4-1-5-11-36)33-22-16-30(17-23-33)39-28-29-40(52)42(32-20-26-35(27-21-32)45(48)51-38-14-8-3-9-15-38)41(39)31-18-24-34(25-19-31)44(47)50-37-12-6-2-7-13-37/h1-29H,52H3. The molecule has 0 amide bonds. The fraction of sp³-hybridized carbons (Fsp3) is 0. The van der Waals surface area contributed by atoms with Crippen molar-refractivity contribution in [2.45, 2.75) is 0 Å². The van der Waals surface area contributed by atoms with Crippen LogP contribution in [0.15, 0.2) is 176 Å². The molecular formula is C45H32O6Si. The summed E-state index contributed by atoms with van der Waals surface area (Å²) in [5.74, 6) is 0.0763. The van der Waals surface area contributed by atoms with Crippen LogP contribution < -0.4 is 19.4 Å². The van der Waals surface area contributed by atoms with E-state index < -0.39 is 17.9 Å². The maximum absolute atomic E-state index is 13.0. The van der Waals surface area contributed by atoms with Crippen molar-refractivity contribution in [2.75, 3.05) is 0 Å². The molecule has 7 heteroatoms. The molecule has 0 spiro atoms. The Morgan fingerprint density at radius 2 is 0.673 bits per heavy atom. The van der Waals surface area contributed by atoms with Gasteiger partial charge in [0.2, 0.25) is 0 Å². The molecule has 0 fully saturated rings. The maximum atomic E-state index is 13.0. The molecule has 0 N–H and O–H groups in total. The lowest BCUT2D eigenvalue weighted by atomic mass is 9.87. The lowest BCUT2D eigenvalue weighted by Crippen LogP contribution is -2.11. The summed E-state index contributed by atoms with van der Waals surface area (Å²) in [4.78, 5) is 38.9. The summed E-state index contributed by atoms with van der Waals surface area (Å²) in [6.07, 6.45) is 0. The van der Waals surface area contributed by atoms with E-state index in [1.807, 2.05) is 91.0 Å². The van der Waals surface area contributed by atoms with Crippen LogP contribution in [-0.4, -0.2) is 28.2 Å². The van der Waals surface area contributed by atoms with Gasteiger partial charge in [0, 0.05) is 10.2 Å². The first-order valence-corrected chi connectivity index (χ1v) is 17.7. The molecule has 0 saturated carbocycles. The minimum absolute atomic E-state index is 0.417. The molecule has 0 aromatic heterocycles. The molecule has 0 aliphatic heterocycles. The van der Waals surface area contributed by atoms with Crippen molar-refractivity contribution in [3.63, 3.8) is 0 Å². The summed E-state index contributed by atoms with van der Waals surface area (Å²) in [5.41, 5.74) is 6.88. The highest BCUT2D eigenvalue weighted by atomic mass is 28.1. The lowest BCUT2D eigenvalue weighted by Gasteiger charge is -2.19. The number of hydrogen-bond donors (Lipinski definition) is 0. The lowest BCUT2D eigenvalue weighted by molar-refractivity contribution is 0.0725. The number of carbonyl (C=O) groups is 3. The predicted molar refractivity (Wildman–Crippen MR) is 207 cm³/mol. The van der Waals surface area contributed by atoms with Crippen molar-refractivity contribution >= 4 is 33.3 Å². The highest BCUT2D eigenvalue weighted by molar-refractivity contribution is 6.37. The van der Waals surface area contributed by atoms with Crippen molar-refractivity contribution in [3.05, 3.63) is 193 Å². The highest BCUT2D eigenvalue weighted by Crippen LogP contribution is 2.39. The zero-order valence-corrected chi connectivity index (χ0v) is 30.2. The second-order valence-electron chi connectivity index (χ2n) is 12.0. The first-order chi connectivity index (χ1) is 25.4. The van der Waals surface area contributed by atoms with Gasteiger partial charge in [-0.05, 0) is 106 Å². The van der Waals surface area contributed by atoms with Crippen molar-refractivity contribution < 1.29 is 28.6 Å². The van der Waals surface area contributed by atoms with Gasteiger partial charge in [0.05, 0.1) is 16.7 Å². The fourth-order valence-corrected chi connectivity index (χ4v) is 6.62. The Morgan fingerprint density at radius 3 is 1.04 bits per heavy atom. The second-order valence-corrected chi connectivity index (χ2v) is 13.1. The van der Waals surface area contributed by atoms with Gasteiger partial charge in [-0.15, -0.1) is 0 Å². The number of ether oxygens (including phenoxy) is 3. The molecule has 0 atom stereocenters. The molecule has 0 radical (unpaired) electrons. The molecule has 6 nitrogen and oxygen atoms in total. The van der Waals surface area contributed by atoms with Crippen LogP contribution in [0, 0.1) is 0 Å². The number of esters is 3.